The van der Waals surface area contributed by atoms with Gasteiger partial charge in [-0.3, -0.25) is 9.59 Å². The fourth-order valence-corrected chi connectivity index (χ4v) is 4.37. The van der Waals surface area contributed by atoms with Gasteiger partial charge in [-0.25, -0.2) is 0 Å². The van der Waals surface area contributed by atoms with Gasteiger partial charge < -0.3 is 14.6 Å². The van der Waals surface area contributed by atoms with E-state index in [9.17, 15) is 9.59 Å². The molecular formula is C32H35N3O4. The normalized spacial score (nSPS) is 12.5. The molecule has 0 aliphatic heterocycles. The van der Waals surface area contributed by atoms with Crippen LogP contribution in [-0.2, 0) is 9.53 Å². The number of aromatic nitrogens is 2. The number of carbonyl (C=O) groups excluding carboxylic acids is 2. The lowest BCUT2D eigenvalue weighted by molar-refractivity contribution is -0.143. The number of nitrogens with zero attached hydrogens (tertiary/aromatic N) is 2. The third kappa shape index (κ3) is 7.41. The molecule has 202 valence electrons. The Morgan fingerprint density at radius 3 is 2.28 bits per heavy atom. The molecule has 2 atom stereocenters. The summed E-state index contributed by atoms with van der Waals surface area (Å²) in [5, 5.41) is 7.81. The minimum Gasteiger partial charge on any atom is -0.466 e. The molecule has 0 fully saturated rings. The molecule has 39 heavy (non-hydrogen) atoms. The van der Waals surface area contributed by atoms with Crippen LogP contribution in [0.1, 0.15) is 68.4 Å². The molecule has 0 radical (unpaired) electrons. The van der Waals surface area contributed by atoms with E-state index in [0.29, 0.717) is 42.6 Å². The molecule has 0 aliphatic rings. The minimum absolute atomic E-state index is 0.0248. The molecule has 0 aliphatic carbocycles. The van der Waals surface area contributed by atoms with Crippen molar-refractivity contribution in [2.75, 3.05) is 11.9 Å². The highest BCUT2D eigenvalue weighted by atomic mass is 16.5. The lowest BCUT2D eigenvalue weighted by atomic mass is 9.91. The number of esters is 1. The Balaban J connectivity index is 1.41. The molecule has 0 spiro atoms. The van der Waals surface area contributed by atoms with Gasteiger partial charge in [-0.05, 0) is 61.2 Å². The summed E-state index contributed by atoms with van der Waals surface area (Å²) in [4.78, 5) is 28.6. The number of benzene rings is 3. The second-order valence-corrected chi connectivity index (χ2v) is 9.58. The summed E-state index contributed by atoms with van der Waals surface area (Å²) in [6.07, 6.45) is 2.07. The van der Waals surface area contributed by atoms with E-state index in [4.69, 9.17) is 9.26 Å². The monoisotopic (exact) mass is 525 g/mol. The fraction of sp³-hybridized carbons (Fsp3) is 0.312. The van der Waals surface area contributed by atoms with Crippen LogP contribution in [0.25, 0.3) is 22.8 Å². The first-order chi connectivity index (χ1) is 19.0. The van der Waals surface area contributed by atoms with Gasteiger partial charge in [0.1, 0.15) is 0 Å². The number of hydrogen-bond donors (Lipinski definition) is 1. The van der Waals surface area contributed by atoms with Gasteiger partial charge in [-0.1, -0.05) is 67.9 Å². The Labute approximate surface area is 229 Å². The maximum absolute atomic E-state index is 12.5. The number of ketones is 1. The summed E-state index contributed by atoms with van der Waals surface area (Å²) in [5.74, 6) is 1.18. The summed E-state index contributed by atoms with van der Waals surface area (Å²) < 4.78 is 10.4. The quantitative estimate of drug-likeness (QED) is 0.142. The van der Waals surface area contributed by atoms with E-state index < -0.39 is 0 Å². The van der Waals surface area contributed by atoms with E-state index in [0.717, 1.165) is 28.8 Å². The predicted molar refractivity (Wildman–Crippen MR) is 152 cm³/mol. The van der Waals surface area contributed by atoms with Gasteiger partial charge in [0, 0.05) is 35.2 Å². The lowest BCUT2D eigenvalue weighted by Crippen LogP contribution is -2.18. The maximum Gasteiger partial charge on any atom is 0.305 e. The van der Waals surface area contributed by atoms with Gasteiger partial charge in [0.05, 0.1) is 12.6 Å². The Kier molecular flexibility index (Phi) is 9.62. The van der Waals surface area contributed by atoms with Crippen LogP contribution in [0.5, 0.6) is 0 Å². The highest BCUT2D eigenvalue weighted by Gasteiger charge is 2.19. The van der Waals surface area contributed by atoms with Crippen molar-refractivity contribution in [3.8, 4) is 22.8 Å². The summed E-state index contributed by atoms with van der Waals surface area (Å²) >= 11 is 0. The molecule has 1 aromatic heterocycles. The molecule has 7 nitrogen and oxygen atoms in total. The maximum atomic E-state index is 12.5. The number of rotatable bonds is 13. The lowest BCUT2D eigenvalue weighted by Gasteiger charge is -2.26. The molecule has 0 saturated carbocycles. The third-order valence-corrected chi connectivity index (χ3v) is 6.81. The Bertz CT molecular complexity index is 1350. The van der Waals surface area contributed by atoms with Crippen LogP contribution in [-0.4, -0.2) is 28.5 Å². The Hall–Kier alpha value is -4.26. The first-order valence-corrected chi connectivity index (χ1v) is 13.5. The van der Waals surface area contributed by atoms with Crippen molar-refractivity contribution in [1.82, 2.24) is 10.1 Å². The number of hydrogen-bond acceptors (Lipinski definition) is 7. The van der Waals surface area contributed by atoms with Crippen LogP contribution in [0, 0.1) is 5.92 Å². The van der Waals surface area contributed by atoms with Crippen molar-refractivity contribution >= 4 is 17.4 Å². The molecule has 4 rings (SSSR count). The molecule has 0 bridgehead atoms. The van der Waals surface area contributed by atoms with Crippen LogP contribution in [0.15, 0.2) is 83.4 Å². The fourth-order valence-electron chi connectivity index (χ4n) is 4.37. The summed E-state index contributed by atoms with van der Waals surface area (Å²) in [5.41, 5.74) is 4.51. The molecule has 0 amide bonds. The average Bonchev–Trinajstić information content (AvgIpc) is 3.47. The van der Waals surface area contributed by atoms with Crippen molar-refractivity contribution < 1.29 is 18.8 Å². The smallest absolute Gasteiger partial charge is 0.305 e. The molecule has 1 heterocycles. The zero-order valence-electron chi connectivity index (χ0n) is 22.7. The highest BCUT2D eigenvalue weighted by molar-refractivity contribution is 5.96. The Morgan fingerprint density at radius 1 is 0.897 bits per heavy atom. The minimum atomic E-state index is -0.261. The van der Waals surface area contributed by atoms with Crippen molar-refractivity contribution in [3.05, 3.63) is 90.0 Å². The number of anilines is 1. The zero-order valence-corrected chi connectivity index (χ0v) is 22.7. The Morgan fingerprint density at radius 2 is 1.62 bits per heavy atom. The van der Waals surface area contributed by atoms with Gasteiger partial charge in [0.15, 0.2) is 5.78 Å². The molecule has 7 heteroatoms. The van der Waals surface area contributed by atoms with E-state index in [1.807, 2.05) is 66.7 Å². The van der Waals surface area contributed by atoms with Gasteiger partial charge in [0.25, 0.3) is 5.89 Å². The summed E-state index contributed by atoms with van der Waals surface area (Å²) in [7, 11) is 0. The third-order valence-electron chi connectivity index (χ3n) is 6.81. The van der Waals surface area contributed by atoms with E-state index in [-0.39, 0.29) is 24.2 Å². The molecule has 0 saturated heterocycles. The largest absolute Gasteiger partial charge is 0.466 e. The first kappa shape index (κ1) is 27.8. The first-order valence-electron chi connectivity index (χ1n) is 13.5. The predicted octanol–water partition coefficient (Wildman–Crippen LogP) is 7.52. The van der Waals surface area contributed by atoms with Crippen LogP contribution in [0.4, 0.5) is 5.69 Å². The van der Waals surface area contributed by atoms with Gasteiger partial charge >= 0.3 is 5.97 Å². The van der Waals surface area contributed by atoms with E-state index in [1.165, 1.54) is 0 Å². The van der Waals surface area contributed by atoms with E-state index >= 15 is 0 Å². The van der Waals surface area contributed by atoms with Gasteiger partial charge in [-0.15, -0.1) is 0 Å². The molecule has 1 unspecified atom stereocenters. The van der Waals surface area contributed by atoms with Gasteiger partial charge in [0.2, 0.25) is 5.82 Å². The molecule has 1 N–H and O–H groups in total. The number of nitrogens with one attached hydrogen (secondary N) is 1. The standard InChI is InChI=1S/C32H35N3O4/c1-4-22(3)30(33-27-20-18-23(19-21-27)28(36)12-9-13-29(37)38-5-2)24-14-16-25(17-15-24)31-34-32(39-35-31)26-10-7-6-8-11-26/h6-8,10-11,14-22,30,33H,4-5,9,12-13H2,1-3H3/t22?,30-/m1/s1. The van der Waals surface area contributed by atoms with Crippen molar-refractivity contribution in [2.45, 2.75) is 52.5 Å². The van der Waals surface area contributed by atoms with Crippen LogP contribution < -0.4 is 5.32 Å². The van der Waals surface area contributed by atoms with E-state index in [1.54, 1.807) is 6.92 Å². The van der Waals surface area contributed by atoms with Crippen molar-refractivity contribution in [2.24, 2.45) is 5.92 Å². The van der Waals surface area contributed by atoms with Crippen LogP contribution in [0.2, 0.25) is 0 Å². The topological polar surface area (TPSA) is 94.3 Å². The molecule has 4 aromatic rings. The van der Waals surface area contributed by atoms with Crippen molar-refractivity contribution in [1.29, 1.82) is 0 Å². The average molecular weight is 526 g/mol. The summed E-state index contributed by atoms with van der Waals surface area (Å²) in [6.45, 7) is 6.53. The SMILES string of the molecule is CCOC(=O)CCCC(=O)c1ccc(N[C@@H](c2ccc(-c3noc(-c4ccccc4)n3)cc2)C(C)CC)cc1. The molecule has 3 aromatic carbocycles. The highest BCUT2D eigenvalue weighted by Crippen LogP contribution is 2.31. The second kappa shape index (κ2) is 13.5. The zero-order chi connectivity index (χ0) is 27.6. The van der Waals surface area contributed by atoms with Crippen molar-refractivity contribution in [3.63, 3.8) is 0 Å². The number of ether oxygens (including phenoxy) is 1. The summed E-state index contributed by atoms with van der Waals surface area (Å²) in [6, 6.07) is 25.6. The molecular weight excluding hydrogens is 490 g/mol. The van der Waals surface area contributed by atoms with Crippen LogP contribution >= 0.6 is 0 Å². The van der Waals surface area contributed by atoms with E-state index in [2.05, 4.69) is 41.4 Å². The van der Waals surface area contributed by atoms with Crippen LogP contribution in [0.3, 0.4) is 0 Å². The number of Topliss-reactive ketones (excluding diaryl/α,β-unsaturated/α-hetero) is 1. The number of carbonyl (C=O) groups is 2. The van der Waals surface area contributed by atoms with Gasteiger partial charge in [-0.2, -0.15) is 4.98 Å². The second-order valence-electron chi connectivity index (χ2n) is 9.58.